The van der Waals surface area contributed by atoms with E-state index in [0.29, 0.717) is 17.2 Å². The van der Waals surface area contributed by atoms with Crippen LogP contribution >= 0.6 is 11.6 Å². The van der Waals surface area contributed by atoms with Crippen molar-refractivity contribution in [3.8, 4) is 22.4 Å². The highest BCUT2D eigenvalue weighted by Crippen LogP contribution is 2.36. The van der Waals surface area contributed by atoms with Crippen LogP contribution in [0.2, 0.25) is 5.02 Å². The van der Waals surface area contributed by atoms with Gasteiger partial charge in [-0.3, -0.25) is 9.98 Å². The van der Waals surface area contributed by atoms with Gasteiger partial charge in [-0.25, -0.2) is 0 Å². The fraction of sp³-hybridized carbons (Fsp3) is 0.174. The summed E-state index contributed by atoms with van der Waals surface area (Å²) in [5.74, 6) is 0.274. The highest BCUT2D eigenvalue weighted by Gasteiger charge is 2.17. The van der Waals surface area contributed by atoms with Crippen LogP contribution in [-0.2, 0) is 0 Å². The summed E-state index contributed by atoms with van der Waals surface area (Å²) < 4.78 is 0. The van der Waals surface area contributed by atoms with Crippen molar-refractivity contribution in [2.75, 3.05) is 0 Å². The number of pyridine rings is 1. The molecule has 1 unspecified atom stereocenters. The molecule has 0 radical (unpaired) electrons. The van der Waals surface area contributed by atoms with E-state index in [0.717, 1.165) is 39.2 Å². The Hall–Kier alpha value is -2.78. The topological polar surface area (TPSA) is 49.1 Å². The van der Waals surface area contributed by atoms with Crippen LogP contribution in [0.15, 0.2) is 59.7 Å². The number of halogens is 1. The van der Waals surface area contributed by atoms with Gasteiger partial charge in [0.1, 0.15) is 0 Å². The van der Waals surface area contributed by atoms with Gasteiger partial charge in [-0.2, -0.15) is 0 Å². The zero-order chi connectivity index (χ0) is 19.0. The summed E-state index contributed by atoms with van der Waals surface area (Å²) in [6, 6.07) is 16.0. The molecule has 0 bridgehead atoms. The molecule has 0 aliphatic carbocycles. The molecule has 3 aromatic rings. The minimum Gasteiger partial charge on any atom is -0.305 e. The molecule has 2 heterocycles. The predicted molar refractivity (Wildman–Crippen MR) is 114 cm³/mol. The first kappa shape index (κ1) is 17.6. The molecule has 1 N–H and O–H groups in total. The Balaban J connectivity index is 1.87. The zero-order valence-corrected chi connectivity index (χ0v) is 16.1. The van der Waals surface area contributed by atoms with E-state index in [2.05, 4.69) is 42.0 Å². The van der Waals surface area contributed by atoms with Crippen LogP contribution in [0.25, 0.3) is 22.4 Å². The monoisotopic (exact) mass is 373 g/mol. The number of aryl methyl sites for hydroxylation is 1. The van der Waals surface area contributed by atoms with Gasteiger partial charge in [0.25, 0.3) is 0 Å². The molecule has 1 aliphatic rings. The smallest absolute Gasteiger partial charge is 0.0783 e. The summed E-state index contributed by atoms with van der Waals surface area (Å²) in [6.07, 6.45) is 4.44. The third kappa shape index (κ3) is 3.43. The minimum absolute atomic E-state index is 0.274. The van der Waals surface area contributed by atoms with Gasteiger partial charge in [-0.05, 0) is 60.7 Å². The van der Waals surface area contributed by atoms with Crippen molar-refractivity contribution in [2.45, 2.75) is 20.3 Å². The van der Waals surface area contributed by atoms with Crippen LogP contribution in [0.4, 0.5) is 5.69 Å². The average molecular weight is 374 g/mol. The van der Waals surface area contributed by atoms with Crippen molar-refractivity contribution in [3.63, 3.8) is 0 Å². The standard InChI is InChI=1S/C23H20ClN3/c1-14-10-21(25)20-11-16(6-8-22(20)27-13-14)18-4-3-9-26-23(18)19-12-17(24)7-5-15(19)2/h3-9,11-14,25H,10H2,1-2H3. The highest BCUT2D eigenvalue weighted by molar-refractivity contribution is 6.30. The van der Waals surface area contributed by atoms with Crippen molar-refractivity contribution in [1.29, 1.82) is 5.41 Å². The molecule has 0 saturated carbocycles. The number of benzene rings is 2. The Kier molecular flexibility index (Phi) is 4.63. The molecule has 3 nitrogen and oxygen atoms in total. The first-order valence-corrected chi connectivity index (χ1v) is 9.38. The van der Waals surface area contributed by atoms with Crippen LogP contribution in [0.1, 0.15) is 24.5 Å². The van der Waals surface area contributed by atoms with Crippen LogP contribution in [0.5, 0.6) is 0 Å². The summed E-state index contributed by atoms with van der Waals surface area (Å²) in [5.41, 5.74) is 7.49. The number of aliphatic imine (C=N–C) groups is 1. The molecular formula is C23H20ClN3. The van der Waals surface area contributed by atoms with Gasteiger partial charge in [0.2, 0.25) is 0 Å². The van der Waals surface area contributed by atoms with Gasteiger partial charge < -0.3 is 5.41 Å². The Morgan fingerprint density at radius 1 is 1.04 bits per heavy atom. The molecule has 0 spiro atoms. The molecule has 0 saturated heterocycles. The largest absolute Gasteiger partial charge is 0.305 e. The number of nitrogens with one attached hydrogen (secondary N) is 1. The zero-order valence-electron chi connectivity index (χ0n) is 15.3. The normalized spacial score (nSPS) is 16.1. The van der Waals surface area contributed by atoms with Crippen LogP contribution < -0.4 is 0 Å². The van der Waals surface area contributed by atoms with Gasteiger partial charge >= 0.3 is 0 Å². The van der Waals surface area contributed by atoms with Crippen molar-refractivity contribution < 1.29 is 0 Å². The minimum atomic E-state index is 0.274. The fourth-order valence-electron chi connectivity index (χ4n) is 3.45. The van der Waals surface area contributed by atoms with Gasteiger partial charge in [0, 0.05) is 39.8 Å². The molecule has 4 heteroatoms. The maximum absolute atomic E-state index is 8.47. The number of fused-ring (bicyclic) bond motifs is 1. The van der Waals surface area contributed by atoms with E-state index in [4.69, 9.17) is 17.0 Å². The van der Waals surface area contributed by atoms with Crippen LogP contribution in [-0.4, -0.2) is 16.9 Å². The lowest BCUT2D eigenvalue weighted by atomic mass is 9.93. The first-order chi connectivity index (χ1) is 13.0. The molecule has 27 heavy (non-hydrogen) atoms. The number of nitrogens with zero attached hydrogens (tertiary/aromatic N) is 2. The van der Waals surface area contributed by atoms with Crippen LogP contribution in [0, 0.1) is 18.3 Å². The first-order valence-electron chi connectivity index (χ1n) is 9.01. The second-order valence-corrected chi connectivity index (χ2v) is 7.47. The van der Waals surface area contributed by atoms with E-state index in [1.165, 1.54) is 0 Å². The molecule has 2 aromatic carbocycles. The number of rotatable bonds is 2. The third-order valence-electron chi connectivity index (χ3n) is 4.89. The fourth-order valence-corrected chi connectivity index (χ4v) is 3.62. The van der Waals surface area contributed by atoms with Crippen molar-refractivity contribution in [3.05, 3.63) is 70.9 Å². The van der Waals surface area contributed by atoms with E-state index < -0.39 is 0 Å². The van der Waals surface area contributed by atoms with E-state index in [9.17, 15) is 0 Å². The summed E-state index contributed by atoms with van der Waals surface area (Å²) in [4.78, 5) is 9.21. The predicted octanol–water partition coefficient (Wildman–Crippen LogP) is 6.49. The molecule has 1 atom stereocenters. The second-order valence-electron chi connectivity index (χ2n) is 7.03. The summed E-state index contributed by atoms with van der Waals surface area (Å²) in [7, 11) is 0. The summed E-state index contributed by atoms with van der Waals surface area (Å²) in [6.45, 7) is 4.15. The van der Waals surface area contributed by atoms with E-state index >= 15 is 0 Å². The van der Waals surface area contributed by atoms with Crippen molar-refractivity contribution >= 4 is 29.2 Å². The molecule has 4 rings (SSSR count). The van der Waals surface area contributed by atoms with Crippen molar-refractivity contribution in [2.24, 2.45) is 10.9 Å². The van der Waals surface area contributed by atoms with Crippen molar-refractivity contribution in [1.82, 2.24) is 4.98 Å². The lowest BCUT2D eigenvalue weighted by molar-refractivity contribution is 0.837. The van der Waals surface area contributed by atoms with Gasteiger partial charge in [-0.15, -0.1) is 0 Å². The SMILES string of the molecule is Cc1ccc(Cl)cc1-c1ncccc1-c1ccc2c(c1)C(=N)CC(C)C=N2. The number of hydrogen-bond acceptors (Lipinski definition) is 3. The van der Waals surface area contributed by atoms with Gasteiger partial charge in [0.05, 0.1) is 11.4 Å². The Morgan fingerprint density at radius 2 is 1.89 bits per heavy atom. The van der Waals surface area contributed by atoms with Gasteiger partial charge in [-0.1, -0.05) is 36.7 Å². The molecular weight excluding hydrogens is 354 g/mol. The number of aromatic nitrogens is 1. The Bertz CT molecular complexity index is 1070. The van der Waals surface area contributed by atoms with E-state index in [1.54, 1.807) is 6.20 Å². The quantitative estimate of drug-likeness (QED) is 0.548. The average Bonchev–Trinajstić information content (AvgIpc) is 2.81. The Labute approximate surface area is 164 Å². The summed E-state index contributed by atoms with van der Waals surface area (Å²) >= 11 is 6.24. The maximum Gasteiger partial charge on any atom is 0.0783 e. The highest BCUT2D eigenvalue weighted by atomic mass is 35.5. The lowest BCUT2D eigenvalue weighted by Gasteiger charge is -2.13. The number of hydrogen-bond donors (Lipinski definition) is 1. The molecule has 134 valence electrons. The third-order valence-corrected chi connectivity index (χ3v) is 5.12. The molecule has 0 amide bonds. The van der Waals surface area contributed by atoms with E-state index in [1.807, 2.05) is 36.5 Å². The molecule has 1 aliphatic heterocycles. The summed E-state index contributed by atoms with van der Waals surface area (Å²) in [5, 5.41) is 9.16. The second kappa shape index (κ2) is 7.09. The van der Waals surface area contributed by atoms with E-state index in [-0.39, 0.29) is 5.92 Å². The maximum atomic E-state index is 8.47. The molecule has 1 aromatic heterocycles. The van der Waals surface area contributed by atoms with Crippen LogP contribution in [0.3, 0.4) is 0 Å². The Morgan fingerprint density at radius 3 is 2.74 bits per heavy atom. The lowest BCUT2D eigenvalue weighted by Crippen LogP contribution is -2.04. The van der Waals surface area contributed by atoms with Gasteiger partial charge in [0.15, 0.2) is 0 Å². The molecule has 0 fully saturated rings.